The van der Waals surface area contributed by atoms with E-state index in [2.05, 4.69) is 9.97 Å². The molecule has 0 amide bonds. The molecule has 0 aliphatic rings. The van der Waals surface area contributed by atoms with Crippen molar-refractivity contribution >= 4 is 44.9 Å². The van der Waals surface area contributed by atoms with E-state index in [1.165, 1.54) is 23.1 Å². The summed E-state index contributed by atoms with van der Waals surface area (Å²) in [6.45, 7) is 2.62. The van der Waals surface area contributed by atoms with Gasteiger partial charge in [-0.3, -0.25) is 4.79 Å². The lowest BCUT2D eigenvalue weighted by Crippen LogP contribution is -2.09. The molecule has 120 valence electrons. The van der Waals surface area contributed by atoms with Crippen LogP contribution in [-0.4, -0.2) is 29.4 Å². The van der Waals surface area contributed by atoms with Gasteiger partial charge in [0.25, 0.3) is 5.56 Å². The number of hydrogen-bond acceptors (Lipinski definition) is 5. The summed E-state index contributed by atoms with van der Waals surface area (Å²) in [5.74, 6) is 0.749. The summed E-state index contributed by atoms with van der Waals surface area (Å²) in [6.07, 6.45) is 0. The van der Waals surface area contributed by atoms with Crippen molar-refractivity contribution < 1.29 is 4.74 Å². The number of aromatic nitrogens is 2. The standard InChI is InChI=1S/C16H15ClN2O2S2/c1-9-12(10-3-5-11(17)6-4-10)13-14(20)18-16(19-15(13)23-9)22-8-7-21-2/h3-6H,7-8H2,1-2H3,(H,18,19,20). The zero-order chi connectivity index (χ0) is 16.4. The Kier molecular flexibility index (Phi) is 5.06. The maximum atomic E-state index is 12.5. The van der Waals surface area contributed by atoms with Gasteiger partial charge in [0.05, 0.1) is 12.0 Å². The van der Waals surface area contributed by atoms with Crippen LogP contribution in [0.2, 0.25) is 5.02 Å². The van der Waals surface area contributed by atoms with Crippen LogP contribution in [0.15, 0.2) is 34.2 Å². The van der Waals surface area contributed by atoms with Crippen LogP contribution in [-0.2, 0) is 4.74 Å². The molecule has 0 atom stereocenters. The van der Waals surface area contributed by atoms with Crippen molar-refractivity contribution in [2.24, 2.45) is 0 Å². The highest BCUT2D eigenvalue weighted by atomic mass is 35.5. The minimum atomic E-state index is -0.107. The number of fused-ring (bicyclic) bond motifs is 1. The van der Waals surface area contributed by atoms with E-state index in [-0.39, 0.29) is 5.56 Å². The lowest BCUT2D eigenvalue weighted by Gasteiger charge is -2.03. The second-order valence-electron chi connectivity index (χ2n) is 4.93. The average Bonchev–Trinajstić information content (AvgIpc) is 2.85. The number of thioether (sulfide) groups is 1. The fourth-order valence-electron chi connectivity index (χ4n) is 2.35. The maximum Gasteiger partial charge on any atom is 0.260 e. The van der Waals surface area contributed by atoms with Crippen molar-refractivity contribution in [2.45, 2.75) is 12.1 Å². The van der Waals surface area contributed by atoms with Gasteiger partial charge in [-0.2, -0.15) is 0 Å². The highest BCUT2D eigenvalue weighted by molar-refractivity contribution is 7.99. The summed E-state index contributed by atoms with van der Waals surface area (Å²) in [6, 6.07) is 7.52. The zero-order valence-electron chi connectivity index (χ0n) is 12.7. The Morgan fingerprint density at radius 3 is 2.78 bits per heavy atom. The predicted molar refractivity (Wildman–Crippen MR) is 98.0 cm³/mol. The molecule has 23 heavy (non-hydrogen) atoms. The van der Waals surface area contributed by atoms with Gasteiger partial charge in [0.2, 0.25) is 0 Å². The molecule has 3 rings (SSSR count). The first kappa shape index (κ1) is 16.5. The molecule has 2 heterocycles. The van der Waals surface area contributed by atoms with Crippen molar-refractivity contribution in [3.8, 4) is 11.1 Å². The fraction of sp³-hybridized carbons (Fsp3) is 0.250. The second-order valence-corrected chi connectivity index (χ2v) is 7.66. The summed E-state index contributed by atoms with van der Waals surface area (Å²) in [5, 5.41) is 1.95. The van der Waals surface area contributed by atoms with Gasteiger partial charge in [0.15, 0.2) is 5.16 Å². The highest BCUT2D eigenvalue weighted by Crippen LogP contribution is 2.36. The number of methoxy groups -OCH3 is 1. The summed E-state index contributed by atoms with van der Waals surface area (Å²) >= 11 is 8.97. The lowest BCUT2D eigenvalue weighted by molar-refractivity contribution is 0.218. The third-order valence-electron chi connectivity index (χ3n) is 3.38. The summed E-state index contributed by atoms with van der Waals surface area (Å²) < 4.78 is 5.02. The summed E-state index contributed by atoms with van der Waals surface area (Å²) in [4.78, 5) is 21.8. The number of nitrogens with zero attached hydrogens (tertiary/aromatic N) is 1. The van der Waals surface area contributed by atoms with Crippen LogP contribution in [0.3, 0.4) is 0 Å². The van der Waals surface area contributed by atoms with Crippen molar-refractivity contribution in [1.29, 1.82) is 0 Å². The van der Waals surface area contributed by atoms with E-state index in [4.69, 9.17) is 16.3 Å². The van der Waals surface area contributed by atoms with Gasteiger partial charge in [-0.25, -0.2) is 4.98 Å². The molecule has 2 aromatic heterocycles. The number of H-pyrrole nitrogens is 1. The van der Waals surface area contributed by atoms with Crippen LogP contribution in [0.1, 0.15) is 4.88 Å². The molecule has 0 spiro atoms. The first-order chi connectivity index (χ1) is 11.1. The smallest absolute Gasteiger partial charge is 0.260 e. The van der Waals surface area contributed by atoms with E-state index in [0.29, 0.717) is 22.2 Å². The number of rotatable bonds is 5. The molecule has 0 fully saturated rings. The van der Waals surface area contributed by atoms with Crippen molar-refractivity contribution in [1.82, 2.24) is 9.97 Å². The molecule has 0 aliphatic carbocycles. The van der Waals surface area contributed by atoms with Crippen molar-refractivity contribution in [2.75, 3.05) is 19.5 Å². The van der Waals surface area contributed by atoms with Crippen LogP contribution in [0.5, 0.6) is 0 Å². The molecule has 7 heteroatoms. The van der Waals surface area contributed by atoms with Crippen molar-refractivity contribution in [3.05, 3.63) is 44.5 Å². The first-order valence-electron chi connectivity index (χ1n) is 7.01. The highest BCUT2D eigenvalue weighted by Gasteiger charge is 2.16. The molecular weight excluding hydrogens is 352 g/mol. The topological polar surface area (TPSA) is 55.0 Å². The van der Waals surface area contributed by atoms with Crippen LogP contribution in [0.25, 0.3) is 21.3 Å². The number of hydrogen-bond donors (Lipinski definition) is 1. The number of halogens is 1. The first-order valence-corrected chi connectivity index (χ1v) is 9.19. The van der Waals surface area contributed by atoms with Gasteiger partial charge in [-0.05, 0) is 24.6 Å². The van der Waals surface area contributed by atoms with Crippen molar-refractivity contribution in [3.63, 3.8) is 0 Å². The number of ether oxygens (including phenoxy) is 1. The van der Waals surface area contributed by atoms with Crippen LogP contribution in [0.4, 0.5) is 0 Å². The van der Waals surface area contributed by atoms with Gasteiger partial charge in [-0.15, -0.1) is 11.3 Å². The van der Waals surface area contributed by atoms with E-state index >= 15 is 0 Å². The number of aryl methyl sites for hydroxylation is 1. The van der Waals surface area contributed by atoms with Gasteiger partial charge < -0.3 is 9.72 Å². The molecule has 0 unspecified atom stereocenters. The van der Waals surface area contributed by atoms with E-state index in [1.54, 1.807) is 7.11 Å². The molecule has 0 saturated carbocycles. The predicted octanol–water partition coefficient (Wildman–Crippen LogP) is 4.35. The van der Waals surface area contributed by atoms with E-state index in [0.717, 1.165) is 26.6 Å². The summed E-state index contributed by atoms with van der Waals surface area (Å²) in [5.41, 5.74) is 1.80. The lowest BCUT2D eigenvalue weighted by atomic mass is 10.0. The molecule has 1 aromatic carbocycles. The largest absolute Gasteiger partial charge is 0.384 e. The minimum Gasteiger partial charge on any atom is -0.384 e. The molecule has 0 saturated heterocycles. The summed E-state index contributed by atoms with van der Waals surface area (Å²) in [7, 11) is 1.65. The van der Waals surface area contributed by atoms with Crippen LogP contribution >= 0.6 is 34.7 Å². The normalized spacial score (nSPS) is 11.3. The monoisotopic (exact) mass is 366 g/mol. The third kappa shape index (κ3) is 3.45. The van der Waals surface area contributed by atoms with E-state index in [1.807, 2.05) is 31.2 Å². The molecule has 0 radical (unpaired) electrons. The zero-order valence-corrected chi connectivity index (χ0v) is 15.1. The number of thiophene rings is 1. The second kappa shape index (κ2) is 7.05. The molecule has 1 N–H and O–H groups in total. The maximum absolute atomic E-state index is 12.5. The Balaban J connectivity index is 2.08. The Hall–Kier alpha value is -1.34. The SMILES string of the molecule is COCCSc1nc2sc(C)c(-c3ccc(Cl)cc3)c2c(=O)[nH]1. The van der Waals surface area contributed by atoms with Gasteiger partial charge >= 0.3 is 0 Å². The average molecular weight is 367 g/mol. The Bertz CT molecular complexity index is 887. The molecule has 3 aromatic rings. The number of aromatic amines is 1. The van der Waals surface area contributed by atoms with Gasteiger partial charge in [-0.1, -0.05) is 35.5 Å². The van der Waals surface area contributed by atoms with E-state index in [9.17, 15) is 4.79 Å². The Morgan fingerprint density at radius 1 is 1.35 bits per heavy atom. The molecule has 4 nitrogen and oxygen atoms in total. The van der Waals surface area contributed by atoms with E-state index < -0.39 is 0 Å². The fourth-order valence-corrected chi connectivity index (χ4v) is 4.35. The Labute approximate surface area is 146 Å². The molecular formula is C16H15ClN2O2S2. The molecule has 0 bridgehead atoms. The third-order valence-corrected chi connectivity index (χ3v) is 5.46. The number of nitrogens with one attached hydrogen (secondary N) is 1. The quantitative estimate of drug-likeness (QED) is 0.414. The van der Waals surface area contributed by atoms with Gasteiger partial charge in [0.1, 0.15) is 4.83 Å². The van der Waals surface area contributed by atoms with Gasteiger partial charge in [0, 0.05) is 28.3 Å². The molecule has 0 aliphatic heterocycles. The minimum absolute atomic E-state index is 0.107. The Morgan fingerprint density at radius 2 is 2.09 bits per heavy atom. The van der Waals surface area contributed by atoms with Crippen LogP contribution in [0, 0.1) is 6.92 Å². The number of benzene rings is 1. The van der Waals surface area contributed by atoms with Crippen LogP contribution < -0.4 is 5.56 Å².